The summed E-state index contributed by atoms with van der Waals surface area (Å²) in [6.45, 7) is 1.02. The van der Waals surface area contributed by atoms with E-state index in [2.05, 4.69) is 0 Å². The van der Waals surface area contributed by atoms with Gasteiger partial charge in [0.2, 0.25) is 0 Å². The number of hydrogen-bond donors (Lipinski definition) is 1. The number of ether oxygens (including phenoxy) is 1. The second-order valence-electron chi connectivity index (χ2n) is 3.87. The van der Waals surface area contributed by atoms with E-state index >= 15 is 0 Å². The smallest absolute Gasteiger partial charge is 0.410 e. The molecule has 0 saturated carbocycles. The Hall–Kier alpha value is -1.55. The number of carbonyl (C=O) groups is 1. The van der Waals surface area contributed by atoms with Crippen LogP contribution in [-0.4, -0.2) is 41.9 Å². The van der Waals surface area contributed by atoms with Crippen LogP contribution in [0.1, 0.15) is 5.56 Å². The Kier molecular flexibility index (Phi) is 3.41. The van der Waals surface area contributed by atoms with Crippen molar-refractivity contribution in [2.24, 2.45) is 0 Å². The zero-order valence-electron chi connectivity index (χ0n) is 9.00. The monoisotopic (exact) mass is 221 g/mol. The first-order chi connectivity index (χ1) is 7.79. The van der Waals surface area contributed by atoms with Crippen LogP contribution in [0.5, 0.6) is 0 Å². The van der Waals surface area contributed by atoms with Crippen LogP contribution in [-0.2, 0) is 11.2 Å². The molecule has 1 saturated heterocycles. The van der Waals surface area contributed by atoms with Gasteiger partial charge in [0.25, 0.3) is 0 Å². The maximum absolute atomic E-state index is 11.4. The molecule has 0 radical (unpaired) electrons. The molecule has 1 unspecified atom stereocenters. The van der Waals surface area contributed by atoms with Gasteiger partial charge < -0.3 is 14.7 Å². The molecule has 1 fully saturated rings. The van der Waals surface area contributed by atoms with Gasteiger partial charge in [-0.2, -0.15) is 0 Å². The minimum atomic E-state index is -0.358. The summed E-state index contributed by atoms with van der Waals surface area (Å²) in [5, 5.41) is 8.88. The first-order valence-electron chi connectivity index (χ1n) is 5.40. The summed E-state index contributed by atoms with van der Waals surface area (Å²) < 4.78 is 4.95. The highest BCUT2D eigenvalue weighted by molar-refractivity contribution is 5.69. The average molecular weight is 221 g/mol. The molecule has 1 amide bonds. The highest BCUT2D eigenvalue weighted by atomic mass is 16.6. The molecule has 1 aliphatic heterocycles. The van der Waals surface area contributed by atoms with Crippen molar-refractivity contribution in [2.45, 2.75) is 12.5 Å². The molecular weight excluding hydrogens is 206 g/mol. The summed E-state index contributed by atoms with van der Waals surface area (Å²) in [5.74, 6) is 0. The molecular formula is C12H15NO3. The Labute approximate surface area is 94.4 Å². The van der Waals surface area contributed by atoms with Gasteiger partial charge in [-0.05, 0) is 12.0 Å². The number of cyclic esters (lactones) is 1. The number of nitrogens with zero attached hydrogens (tertiary/aromatic N) is 1. The molecule has 1 aliphatic rings. The van der Waals surface area contributed by atoms with Crippen molar-refractivity contribution in [3.05, 3.63) is 35.9 Å². The van der Waals surface area contributed by atoms with Gasteiger partial charge in [-0.1, -0.05) is 30.3 Å². The molecule has 1 atom stereocenters. The normalized spacial score (nSPS) is 19.9. The maximum Gasteiger partial charge on any atom is 0.410 e. The SMILES string of the molecule is O=C1OC(CO)CN1CCc1ccccc1. The van der Waals surface area contributed by atoms with Crippen molar-refractivity contribution in [2.75, 3.05) is 19.7 Å². The quantitative estimate of drug-likeness (QED) is 0.826. The molecule has 0 aromatic heterocycles. The summed E-state index contributed by atoms with van der Waals surface area (Å²) in [6, 6.07) is 9.99. The van der Waals surface area contributed by atoms with Crippen LogP contribution in [0.2, 0.25) is 0 Å². The second-order valence-corrected chi connectivity index (χ2v) is 3.87. The van der Waals surface area contributed by atoms with Gasteiger partial charge in [-0.25, -0.2) is 4.79 Å². The van der Waals surface area contributed by atoms with Crippen LogP contribution < -0.4 is 0 Å². The first-order valence-corrected chi connectivity index (χ1v) is 5.40. The van der Waals surface area contributed by atoms with Gasteiger partial charge in [0, 0.05) is 6.54 Å². The Morgan fingerprint density at radius 3 is 2.75 bits per heavy atom. The van der Waals surface area contributed by atoms with E-state index in [0.29, 0.717) is 13.1 Å². The molecule has 1 aromatic carbocycles. The van der Waals surface area contributed by atoms with Crippen molar-refractivity contribution in [3.8, 4) is 0 Å². The molecule has 0 spiro atoms. The lowest BCUT2D eigenvalue weighted by molar-refractivity contribution is 0.0948. The van der Waals surface area contributed by atoms with Crippen LogP contribution in [0.15, 0.2) is 30.3 Å². The third-order valence-corrected chi connectivity index (χ3v) is 2.67. The van der Waals surface area contributed by atoms with Crippen LogP contribution in [0, 0.1) is 0 Å². The minimum Gasteiger partial charge on any atom is -0.442 e. The van der Waals surface area contributed by atoms with Gasteiger partial charge in [-0.15, -0.1) is 0 Å². The van der Waals surface area contributed by atoms with E-state index in [0.717, 1.165) is 6.42 Å². The molecule has 1 aromatic rings. The van der Waals surface area contributed by atoms with Crippen LogP contribution in [0.25, 0.3) is 0 Å². The summed E-state index contributed by atoms with van der Waals surface area (Å²) in [5.41, 5.74) is 1.20. The fourth-order valence-electron chi connectivity index (χ4n) is 1.76. The van der Waals surface area contributed by atoms with Crippen molar-refractivity contribution >= 4 is 6.09 Å². The number of aliphatic hydroxyl groups excluding tert-OH is 1. The highest BCUT2D eigenvalue weighted by Crippen LogP contribution is 2.11. The topological polar surface area (TPSA) is 49.8 Å². The highest BCUT2D eigenvalue weighted by Gasteiger charge is 2.29. The third kappa shape index (κ3) is 2.52. The number of rotatable bonds is 4. The largest absolute Gasteiger partial charge is 0.442 e. The number of hydrogen-bond acceptors (Lipinski definition) is 3. The summed E-state index contributed by atoms with van der Waals surface area (Å²) >= 11 is 0. The van der Waals surface area contributed by atoms with Crippen molar-refractivity contribution in [1.82, 2.24) is 4.90 Å². The van der Waals surface area contributed by atoms with E-state index in [1.165, 1.54) is 5.56 Å². The number of aliphatic hydroxyl groups is 1. The lowest BCUT2D eigenvalue weighted by atomic mass is 10.1. The molecule has 0 bridgehead atoms. The van der Waals surface area contributed by atoms with Crippen molar-refractivity contribution in [3.63, 3.8) is 0 Å². The summed E-state index contributed by atoms with van der Waals surface area (Å²) in [6.07, 6.45) is 0.131. The molecule has 1 heterocycles. The standard InChI is InChI=1S/C12H15NO3/c14-9-11-8-13(12(15)16-11)7-6-10-4-2-1-3-5-10/h1-5,11,14H,6-9H2. The van der Waals surface area contributed by atoms with Gasteiger partial charge in [0.15, 0.2) is 0 Å². The summed E-state index contributed by atoms with van der Waals surface area (Å²) in [7, 11) is 0. The molecule has 0 aliphatic carbocycles. The molecule has 16 heavy (non-hydrogen) atoms. The van der Waals surface area contributed by atoms with E-state index in [-0.39, 0.29) is 18.8 Å². The first kappa shape index (κ1) is 11.0. The molecule has 86 valence electrons. The van der Waals surface area contributed by atoms with Gasteiger partial charge in [-0.3, -0.25) is 0 Å². The third-order valence-electron chi connectivity index (χ3n) is 2.67. The zero-order chi connectivity index (χ0) is 11.4. The molecule has 4 heteroatoms. The van der Waals surface area contributed by atoms with E-state index in [1.54, 1.807) is 4.90 Å². The fraction of sp³-hybridized carbons (Fsp3) is 0.417. The number of amides is 1. The summed E-state index contributed by atoms with van der Waals surface area (Å²) in [4.78, 5) is 13.0. The van der Waals surface area contributed by atoms with Crippen LogP contribution in [0.4, 0.5) is 4.79 Å². The Morgan fingerprint density at radius 2 is 2.12 bits per heavy atom. The van der Waals surface area contributed by atoms with Gasteiger partial charge >= 0.3 is 6.09 Å². The Bertz CT molecular complexity index is 353. The van der Waals surface area contributed by atoms with E-state index < -0.39 is 0 Å². The Morgan fingerprint density at radius 1 is 1.38 bits per heavy atom. The van der Waals surface area contributed by atoms with Gasteiger partial charge in [0.1, 0.15) is 6.10 Å². The predicted molar refractivity (Wildman–Crippen MR) is 59.1 cm³/mol. The molecule has 4 nitrogen and oxygen atoms in total. The predicted octanol–water partition coefficient (Wildman–Crippen LogP) is 1.04. The minimum absolute atomic E-state index is 0.104. The molecule has 2 rings (SSSR count). The van der Waals surface area contributed by atoms with Crippen LogP contribution in [0.3, 0.4) is 0 Å². The fourth-order valence-corrected chi connectivity index (χ4v) is 1.76. The Balaban J connectivity index is 1.85. The van der Waals surface area contributed by atoms with E-state index in [9.17, 15) is 4.79 Å². The zero-order valence-corrected chi connectivity index (χ0v) is 9.00. The maximum atomic E-state index is 11.4. The number of carbonyl (C=O) groups excluding carboxylic acids is 1. The lowest BCUT2D eigenvalue weighted by Gasteiger charge is -2.12. The van der Waals surface area contributed by atoms with Crippen LogP contribution >= 0.6 is 0 Å². The number of benzene rings is 1. The van der Waals surface area contributed by atoms with Gasteiger partial charge in [0.05, 0.1) is 13.2 Å². The lowest BCUT2D eigenvalue weighted by Crippen LogP contribution is -2.28. The van der Waals surface area contributed by atoms with E-state index in [4.69, 9.17) is 9.84 Å². The average Bonchev–Trinajstić information content (AvgIpc) is 2.69. The molecule has 1 N–H and O–H groups in total. The van der Waals surface area contributed by atoms with E-state index in [1.807, 2.05) is 30.3 Å². The van der Waals surface area contributed by atoms with Crippen molar-refractivity contribution < 1.29 is 14.6 Å². The van der Waals surface area contributed by atoms with Crippen molar-refractivity contribution in [1.29, 1.82) is 0 Å². The second kappa shape index (κ2) is 4.99.